The standard InChI is InChI=1S/C10H9IN2OS/c1-5-3-15-4-7(5)9-12-6(2)8(11)10(14)13-9/h3-4H,1-2H3,(H,12,13,14). The molecular formula is C10H9IN2OS. The summed E-state index contributed by atoms with van der Waals surface area (Å²) in [5.74, 6) is 0.664. The largest absolute Gasteiger partial charge is 0.306 e. The van der Waals surface area contributed by atoms with Gasteiger partial charge >= 0.3 is 0 Å². The number of nitrogens with zero attached hydrogens (tertiary/aromatic N) is 1. The van der Waals surface area contributed by atoms with Crippen LogP contribution in [0.4, 0.5) is 0 Å². The summed E-state index contributed by atoms with van der Waals surface area (Å²) in [5.41, 5.74) is 2.86. The molecule has 15 heavy (non-hydrogen) atoms. The quantitative estimate of drug-likeness (QED) is 0.816. The van der Waals surface area contributed by atoms with Gasteiger partial charge in [0, 0.05) is 10.9 Å². The van der Waals surface area contributed by atoms with E-state index in [9.17, 15) is 4.79 Å². The van der Waals surface area contributed by atoms with Gasteiger partial charge in [-0.05, 0) is 47.4 Å². The van der Waals surface area contributed by atoms with E-state index in [2.05, 4.69) is 9.97 Å². The number of hydrogen-bond donors (Lipinski definition) is 1. The molecule has 0 aliphatic heterocycles. The van der Waals surface area contributed by atoms with Crippen molar-refractivity contribution in [3.63, 3.8) is 0 Å². The minimum absolute atomic E-state index is 0.0660. The Morgan fingerprint density at radius 1 is 1.40 bits per heavy atom. The molecular weight excluding hydrogens is 323 g/mol. The van der Waals surface area contributed by atoms with Gasteiger partial charge in [0.25, 0.3) is 5.56 Å². The highest BCUT2D eigenvalue weighted by molar-refractivity contribution is 14.1. The average Bonchev–Trinajstić information content (AvgIpc) is 2.60. The maximum Gasteiger partial charge on any atom is 0.264 e. The normalized spacial score (nSPS) is 10.6. The van der Waals surface area contributed by atoms with Crippen molar-refractivity contribution in [2.45, 2.75) is 13.8 Å². The fourth-order valence-corrected chi connectivity index (χ4v) is 2.39. The molecule has 0 aliphatic rings. The van der Waals surface area contributed by atoms with Crippen molar-refractivity contribution in [3.8, 4) is 11.4 Å². The van der Waals surface area contributed by atoms with Gasteiger partial charge in [-0.3, -0.25) is 4.79 Å². The zero-order chi connectivity index (χ0) is 11.0. The van der Waals surface area contributed by atoms with Crippen molar-refractivity contribution in [2.75, 3.05) is 0 Å². The first-order chi connectivity index (χ1) is 7.09. The Labute approximate surface area is 105 Å². The Morgan fingerprint density at radius 2 is 2.13 bits per heavy atom. The van der Waals surface area contributed by atoms with Gasteiger partial charge in [-0.25, -0.2) is 4.98 Å². The van der Waals surface area contributed by atoms with Crippen LogP contribution >= 0.6 is 33.9 Å². The zero-order valence-electron chi connectivity index (χ0n) is 8.30. The van der Waals surface area contributed by atoms with Gasteiger partial charge in [0.2, 0.25) is 0 Å². The van der Waals surface area contributed by atoms with Gasteiger partial charge in [-0.15, -0.1) is 0 Å². The van der Waals surface area contributed by atoms with E-state index in [-0.39, 0.29) is 5.56 Å². The van der Waals surface area contributed by atoms with Gasteiger partial charge in [0.05, 0.1) is 9.26 Å². The van der Waals surface area contributed by atoms with Crippen LogP contribution in [0, 0.1) is 17.4 Å². The minimum Gasteiger partial charge on any atom is -0.306 e. The molecule has 1 N–H and O–H groups in total. The molecule has 2 aromatic heterocycles. The van der Waals surface area contributed by atoms with Gasteiger partial charge in [0.15, 0.2) is 0 Å². The Bertz CT molecular complexity index is 559. The van der Waals surface area contributed by atoms with E-state index in [1.54, 1.807) is 11.3 Å². The smallest absolute Gasteiger partial charge is 0.264 e. The summed E-state index contributed by atoms with van der Waals surface area (Å²) in [6, 6.07) is 0. The maximum absolute atomic E-state index is 11.6. The van der Waals surface area contributed by atoms with E-state index in [4.69, 9.17) is 0 Å². The second-order valence-corrected chi connectivity index (χ2v) is 5.10. The number of aromatic nitrogens is 2. The van der Waals surface area contributed by atoms with Gasteiger partial charge in [-0.2, -0.15) is 11.3 Å². The molecule has 0 bridgehead atoms. The van der Waals surface area contributed by atoms with Gasteiger partial charge in [0.1, 0.15) is 5.82 Å². The van der Waals surface area contributed by atoms with Crippen LogP contribution in [0.5, 0.6) is 0 Å². The number of aryl methyl sites for hydroxylation is 2. The van der Waals surface area contributed by atoms with Gasteiger partial charge < -0.3 is 4.98 Å². The number of hydrogen-bond acceptors (Lipinski definition) is 3. The zero-order valence-corrected chi connectivity index (χ0v) is 11.3. The second-order valence-electron chi connectivity index (χ2n) is 3.28. The van der Waals surface area contributed by atoms with E-state index in [0.29, 0.717) is 9.39 Å². The van der Waals surface area contributed by atoms with Crippen molar-refractivity contribution in [1.82, 2.24) is 9.97 Å². The number of H-pyrrole nitrogens is 1. The molecule has 0 atom stereocenters. The molecule has 5 heteroatoms. The predicted molar refractivity (Wildman–Crippen MR) is 70.4 cm³/mol. The Morgan fingerprint density at radius 3 is 2.67 bits per heavy atom. The number of aromatic amines is 1. The summed E-state index contributed by atoms with van der Waals surface area (Å²) in [5, 5.41) is 4.04. The Hall–Kier alpha value is -0.690. The van der Waals surface area contributed by atoms with E-state index in [0.717, 1.165) is 16.8 Å². The monoisotopic (exact) mass is 332 g/mol. The van der Waals surface area contributed by atoms with Crippen LogP contribution in [-0.2, 0) is 0 Å². The van der Waals surface area contributed by atoms with Crippen LogP contribution in [0.25, 0.3) is 11.4 Å². The summed E-state index contributed by atoms with van der Waals surface area (Å²) in [4.78, 5) is 18.7. The maximum atomic E-state index is 11.6. The first kappa shape index (κ1) is 10.8. The summed E-state index contributed by atoms with van der Waals surface area (Å²) in [6.45, 7) is 3.86. The van der Waals surface area contributed by atoms with E-state index >= 15 is 0 Å². The molecule has 0 aliphatic carbocycles. The first-order valence-electron chi connectivity index (χ1n) is 4.39. The fourth-order valence-electron chi connectivity index (χ4n) is 1.30. The summed E-state index contributed by atoms with van der Waals surface area (Å²) in [6.07, 6.45) is 0. The first-order valence-corrected chi connectivity index (χ1v) is 6.41. The highest BCUT2D eigenvalue weighted by Crippen LogP contribution is 2.23. The van der Waals surface area contributed by atoms with Crippen molar-refractivity contribution in [2.24, 2.45) is 0 Å². The minimum atomic E-state index is -0.0660. The third kappa shape index (κ3) is 1.98. The van der Waals surface area contributed by atoms with Crippen molar-refractivity contribution >= 4 is 33.9 Å². The molecule has 0 saturated heterocycles. The molecule has 0 aromatic carbocycles. The molecule has 0 amide bonds. The summed E-state index contributed by atoms with van der Waals surface area (Å²) >= 11 is 3.62. The molecule has 2 rings (SSSR count). The van der Waals surface area contributed by atoms with Crippen LogP contribution in [0.1, 0.15) is 11.3 Å². The van der Waals surface area contributed by atoms with Crippen LogP contribution in [-0.4, -0.2) is 9.97 Å². The second kappa shape index (κ2) is 4.05. The van der Waals surface area contributed by atoms with E-state index in [1.807, 2.05) is 47.2 Å². The number of thiophene rings is 1. The van der Waals surface area contributed by atoms with E-state index < -0.39 is 0 Å². The molecule has 0 saturated carbocycles. The fraction of sp³-hybridized carbons (Fsp3) is 0.200. The predicted octanol–water partition coefficient (Wildman–Crippen LogP) is 2.72. The third-order valence-electron chi connectivity index (χ3n) is 2.14. The van der Waals surface area contributed by atoms with Crippen LogP contribution in [0.3, 0.4) is 0 Å². The Balaban J connectivity index is 2.66. The molecule has 2 aromatic rings. The lowest BCUT2D eigenvalue weighted by Gasteiger charge is -2.02. The molecule has 0 radical (unpaired) electrons. The molecule has 0 unspecified atom stereocenters. The van der Waals surface area contributed by atoms with Crippen LogP contribution in [0.2, 0.25) is 0 Å². The number of rotatable bonds is 1. The number of nitrogens with one attached hydrogen (secondary N) is 1. The highest BCUT2D eigenvalue weighted by atomic mass is 127. The highest BCUT2D eigenvalue weighted by Gasteiger charge is 2.09. The molecule has 0 fully saturated rings. The lowest BCUT2D eigenvalue weighted by Crippen LogP contribution is -2.14. The molecule has 2 heterocycles. The SMILES string of the molecule is Cc1cscc1-c1nc(C)c(I)c(=O)[nH]1. The van der Waals surface area contributed by atoms with E-state index in [1.165, 1.54) is 0 Å². The van der Waals surface area contributed by atoms with Crippen molar-refractivity contribution < 1.29 is 0 Å². The summed E-state index contributed by atoms with van der Waals surface area (Å²) < 4.78 is 0.657. The van der Waals surface area contributed by atoms with Crippen LogP contribution < -0.4 is 5.56 Å². The van der Waals surface area contributed by atoms with Gasteiger partial charge in [-0.1, -0.05) is 0 Å². The topological polar surface area (TPSA) is 45.8 Å². The lowest BCUT2D eigenvalue weighted by atomic mass is 10.2. The molecule has 0 spiro atoms. The number of halogens is 1. The van der Waals surface area contributed by atoms with Crippen LogP contribution in [0.15, 0.2) is 15.6 Å². The van der Waals surface area contributed by atoms with Crippen molar-refractivity contribution in [3.05, 3.63) is 35.9 Å². The average molecular weight is 332 g/mol. The molecule has 78 valence electrons. The van der Waals surface area contributed by atoms with Crippen molar-refractivity contribution in [1.29, 1.82) is 0 Å². The Kier molecular flexibility index (Phi) is 2.92. The third-order valence-corrected chi connectivity index (χ3v) is 4.27. The molecule has 3 nitrogen and oxygen atoms in total. The summed E-state index contributed by atoms with van der Waals surface area (Å²) in [7, 11) is 0. The lowest BCUT2D eigenvalue weighted by molar-refractivity contribution is 1.05.